The average molecular weight is 723 g/mol. The molecule has 1 aliphatic heterocycles. The Bertz CT molecular complexity index is 3600. The Hall–Kier alpha value is -7.50. The summed E-state index contributed by atoms with van der Waals surface area (Å²) in [6.07, 6.45) is 3.76. The summed E-state index contributed by atoms with van der Waals surface area (Å²) in [7, 11) is 0. The molecule has 0 amide bonds. The highest BCUT2D eigenvalue weighted by Gasteiger charge is 2.36. The van der Waals surface area contributed by atoms with E-state index in [0.717, 1.165) is 27.5 Å². The van der Waals surface area contributed by atoms with Crippen molar-refractivity contribution in [3.05, 3.63) is 188 Å². The molecule has 0 spiro atoms. The molecule has 12 aromatic rings. The monoisotopic (exact) mass is 722 g/mol. The van der Waals surface area contributed by atoms with Gasteiger partial charge in [0.05, 0.1) is 33.1 Å². The van der Waals surface area contributed by atoms with Gasteiger partial charge in [0.25, 0.3) is 0 Å². The molecule has 0 aliphatic carbocycles. The van der Waals surface area contributed by atoms with Crippen molar-refractivity contribution >= 4 is 99.3 Å². The second kappa shape index (κ2) is 11.5. The third-order valence-electron chi connectivity index (χ3n) is 12.5. The highest BCUT2D eigenvalue weighted by atomic mass is 15.0. The van der Waals surface area contributed by atoms with Gasteiger partial charge in [0.1, 0.15) is 0 Å². The number of para-hydroxylation sites is 3. The molecule has 5 heterocycles. The van der Waals surface area contributed by atoms with E-state index >= 15 is 0 Å². The Balaban J connectivity index is 1.04. The molecule has 0 atom stereocenters. The third-order valence-corrected chi connectivity index (χ3v) is 12.5. The highest BCUT2D eigenvalue weighted by molar-refractivity contribution is 7.00. The fraction of sp³-hybridized carbons (Fsp3) is 0. The van der Waals surface area contributed by atoms with Crippen LogP contribution in [0.15, 0.2) is 188 Å². The van der Waals surface area contributed by atoms with Crippen molar-refractivity contribution in [3.63, 3.8) is 0 Å². The number of hydrogen-bond donors (Lipinski definition) is 0. The van der Waals surface area contributed by atoms with E-state index in [9.17, 15) is 0 Å². The van der Waals surface area contributed by atoms with Crippen LogP contribution in [0.4, 0.5) is 0 Å². The summed E-state index contributed by atoms with van der Waals surface area (Å²) >= 11 is 0. The van der Waals surface area contributed by atoms with Crippen molar-refractivity contribution in [2.45, 2.75) is 0 Å². The average Bonchev–Trinajstić information content (AvgIpc) is 3.91. The van der Waals surface area contributed by atoms with E-state index in [2.05, 4.69) is 179 Å². The quantitative estimate of drug-likeness (QED) is 0.134. The van der Waals surface area contributed by atoms with Crippen LogP contribution < -0.4 is 16.4 Å². The lowest BCUT2D eigenvalue weighted by Crippen LogP contribution is -2.49. The highest BCUT2D eigenvalue weighted by Crippen LogP contribution is 2.40. The van der Waals surface area contributed by atoms with Crippen LogP contribution in [-0.2, 0) is 0 Å². The van der Waals surface area contributed by atoms with E-state index in [1.54, 1.807) is 0 Å². The summed E-state index contributed by atoms with van der Waals surface area (Å²) in [6, 6.07) is 64.6. The fourth-order valence-electron chi connectivity index (χ4n) is 10.2. The molecule has 13 rings (SSSR count). The Labute approximate surface area is 328 Å². The summed E-state index contributed by atoms with van der Waals surface area (Å²) in [5, 5.41) is 9.76. The molecule has 1 aliphatic rings. The molecule has 0 saturated carbocycles. The van der Waals surface area contributed by atoms with Crippen LogP contribution in [0.5, 0.6) is 0 Å². The number of fused-ring (bicyclic) bond motifs is 16. The van der Waals surface area contributed by atoms with Crippen molar-refractivity contribution in [3.8, 4) is 22.5 Å². The molecule has 0 unspecified atom stereocenters. The number of hydrogen-bond acceptors (Lipinski definition) is 2. The predicted octanol–water partition coefficient (Wildman–Crippen LogP) is 10.6. The molecule has 0 N–H and O–H groups in total. The molecule has 4 nitrogen and oxygen atoms in total. The normalized spacial score (nSPS) is 12.5. The number of rotatable bonds is 3. The van der Waals surface area contributed by atoms with E-state index in [1.165, 1.54) is 87.6 Å². The minimum atomic E-state index is 0.0633. The second-order valence-corrected chi connectivity index (χ2v) is 15.3. The maximum absolute atomic E-state index is 4.91. The van der Waals surface area contributed by atoms with Crippen LogP contribution in [0.1, 0.15) is 0 Å². The Kier molecular flexibility index (Phi) is 6.22. The smallest absolute Gasteiger partial charge is 0.243 e. The van der Waals surface area contributed by atoms with E-state index in [0.29, 0.717) is 0 Å². The number of pyridine rings is 2. The maximum Gasteiger partial charge on any atom is 0.243 e. The van der Waals surface area contributed by atoms with E-state index in [1.807, 2.05) is 18.5 Å². The lowest BCUT2D eigenvalue weighted by molar-refractivity contribution is 1.18. The van der Waals surface area contributed by atoms with Gasteiger partial charge in [-0.1, -0.05) is 132 Å². The zero-order valence-electron chi connectivity index (χ0n) is 30.8. The van der Waals surface area contributed by atoms with Crippen LogP contribution >= 0.6 is 0 Å². The second-order valence-electron chi connectivity index (χ2n) is 15.3. The lowest BCUT2D eigenvalue weighted by atomic mass is 9.38. The first-order valence-electron chi connectivity index (χ1n) is 19.6. The molecule has 0 saturated heterocycles. The van der Waals surface area contributed by atoms with Gasteiger partial charge in [-0.05, 0) is 82.6 Å². The van der Waals surface area contributed by atoms with Crippen LogP contribution in [0, 0.1) is 0 Å². The zero-order valence-corrected chi connectivity index (χ0v) is 30.8. The van der Waals surface area contributed by atoms with Gasteiger partial charge in [0.2, 0.25) is 6.71 Å². The molecule has 0 radical (unpaired) electrons. The molecule has 0 fully saturated rings. The Morgan fingerprint density at radius 3 is 1.63 bits per heavy atom. The zero-order chi connectivity index (χ0) is 37.2. The maximum atomic E-state index is 4.91. The van der Waals surface area contributed by atoms with Crippen molar-refractivity contribution in [1.29, 1.82) is 0 Å². The van der Waals surface area contributed by atoms with E-state index in [-0.39, 0.29) is 6.71 Å². The molecular formula is C52H31BN4. The van der Waals surface area contributed by atoms with E-state index < -0.39 is 0 Å². The summed E-state index contributed by atoms with van der Waals surface area (Å²) in [6.45, 7) is 0.0633. The lowest BCUT2D eigenvalue weighted by Gasteiger charge is -2.17. The van der Waals surface area contributed by atoms with Gasteiger partial charge in [-0.2, -0.15) is 0 Å². The molecule has 5 heteroatoms. The van der Waals surface area contributed by atoms with Gasteiger partial charge in [-0.15, -0.1) is 0 Å². The van der Waals surface area contributed by atoms with Crippen LogP contribution in [0.25, 0.3) is 98.7 Å². The largest absolute Gasteiger partial charge is 0.309 e. The van der Waals surface area contributed by atoms with Crippen molar-refractivity contribution in [1.82, 2.24) is 19.1 Å². The first-order valence-corrected chi connectivity index (χ1v) is 19.6. The topological polar surface area (TPSA) is 35.6 Å². The van der Waals surface area contributed by atoms with Crippen molar-refractivity contribution in [2.24, 2.45) is 0 Å². The molecule has 57 heavy (non-hydrogen) atoms. The van der Waals surface area contributed by atoms with Gasteiger partial charge in [-0.25, -0.2) is 0 Å². The first kappa shape index (κ1) is 30.8. The van der Waals surface area contributed by atoms with Gasteiger partial charge in [0, 0.05) is 56.1 Å². The number of aromatic nitrogens is 4. The molecule has 8 aromatic carbocycles. The third kappa shape index (κ3) is 4.18. The van der Waals surface area contributed by atoms with Gasteiger partial charge in [0.15, 0.2) is 0 Å². The van der Waals surface area contributed by atoms with Gasteiger partial charge in [-0.3, -0.25) is 9.97 Å². The minimum absolute atomic E-state index is 0.0633. The van der Waals surface area contributed by atoms with Crippen LogP contribution in [-0.4, -0.2) is 25.8 Å². The number of nitrogens with zero attached hydrogens (tertiary/aromatic N) is 4. The summed E-state index contributed by atoms with van der Waals surface area (Å²) in [5.74, 6) is 0. The SMILES string of the molecule is c1ccc(-n2c3ccccc3c3cc4c(cc32)c2ccccc2n4-c2ccc(B3c4ccccc4-c4ccc5c6cccnc6c6ncccc6c5c43)cc2)cc1. The van der Waals surface area contributed by atoms with Crippen LogP contribution in [0.3, 0.4) is 0 Å². The predicted molar refractivity (Wildman–Crippen MR) is 240 cm³/mol. The van der Waals surface area contributed by atoms with Crippen molar-refractivity contribution < 1.29 is 0 Å². The van der Waals surface area contributed by atoms with Gasteiger partial charge >= 0.3 is 0 Å². The Morgan fingerprint density at radius 2 is 0.930 bits per heavy atom. The van der Waals surface area contributed by atoms with Crippen molar-refractivity contribution in [2.75, 3.05) is 0 Å². The fourth-order valence-corrected chi connectivity index (χ4v) is 10.2. The molecular weight excluding hydrogens is 691 g/mol. The standard InChI is InChI=1S/C52H31BN4/c1-2-12-33(13-3-1)56-45-20-8-5-15-36(45)42-31-48-43(30-47(42)56)37-16-6-9-21-46(37)57(48)34-24-22-32(23-25-34)53-44-19-7-4-14-35(44)39-27-26-38-40-17-10-28-54-51(40)52-41(18-11-29-55-52)49(38)50(39)53/h1-31H. The molecule has 262 valence electrons. The Morgan fingerprint density at radius 1 is 0.368 bits per heavy atom. The van der Waals surface area contributed by atoms with Gasteiger partial charge < -0.3 is 9.13 Å². The summed E-state index contributed by atoms with van der Waals surface area (Å²) in [5.41, 5.74) is 15.6. The first-order chi connectivity index (χ1) is 28.3. The van der Waals surface area contributed by atoms with E-state index in [4.69, 9.17) is 9.97 Å². The van der Waals surface area contributed by atoms with Crippen LogP contribution in [0.2, 0.25) is 0 Å². The summed E-state index contributed by atoms with van der Waals surface area (Å²) < 4.78 is 4.86. The molecule has 4 aromatic heterocycles. The molecule has 0 bridgehead atoms. The number of benzene rings is 8. The minimum Gasteiger partial charge on any atom is -0.309 e. The summed E-state index contributed by atoms with van der Waals surface area (Å²) in [4.78, 5) is 9.73.